The highest BCUT2D eigenvalue weighted by Gasteiger charge is 2.23. The van der Waals surface area contributed by atoms with Gasteiger partial charge in [0.15, 0.2) is 0 Å². The molecule has 1 N–H and O–H groups in total. The fraction of sp³-hybridized carbons (Fsp3) is 0.875. The van der Waals surface area contributed by atoms with Gasteiger partial charge in [-0.3, -0.25) is 4.79 Å². The molecule has 0 bridgehead atoms. The number of thioether (sulfide) groups is 1. The van der Waals surface area contributed by atoms with E-state index in [2.05, 4.69) is 0 Å². The van der Waals surface area contributed by atoms with E-state index >= 15 is 0 Å². The van der Waals surface area contributed by atoms with Gasteiger partial charge >= 0.3 is 0 Å². The van der Waals surface area contributed by atoms with Gasteiger partial charge in [0.05, 0.1) is 0 Å². The molecule has 0 aromatic carbocycles. The van der Waals surface area contributed by atoms with E-state index in [1.54, 1.807) is 6.92 Å². The van der Waals surface area contributed by atoms with Crippen molar-refractivity contribution in [1.29, 1.82) is 0 Å². The lowest BCUT2D eigenvalue weighted by atomic mass is 10.2. The summed E-state index contributed by atoms with van der Waals surface area (Å²) < 4.78 is 0. The molecule has 1 fully saturated rings. The molecule has 1 unspecified atom stereocenters. The Morgan fingerprint density at radius 1 is 1.75 bits per heavy atom. The van der Waals surface area contributed by atoms with Crippen LogP contribution in [0.4, 0.5) is 0 Å². The van der Waals surface area contributed by atoms with Gasteiger partial charge in [-0.15, -0.1) is 0 Å². The van der Waals surface area contributed by atoms with Crippen LogP contribution >= 0.6 is 11.8 Å². The lowest BCUT2D eigenvalue weighted by Gasteiger charge is -2.34. The molecule has 3 nitrogen and oxygen atoms in total. The van der Waals surface area contributed by atoms with Gasteiger partial charge in [0.1, 0.15) is 0 Å². The Hall–Kier alpha value is -0.220. The number of nitrogens with zero attached hydrogens (tertiary/aromatic N) is 1. The zero-order valence-corrected chi connectivity index (χ0v) is 8.14. The molecule has 1 heterocycles. The van der Waals surface area contributed by atoms with Crippen LogP contribution in [0.15, 0.2) is 0 Å². The maximum Gasteiger partial charge on any atom is 0.219 e. The van der Waals surface area contributed by atoms with E-state index in [4.69, 9.17) is 5.11 Å². The zero-order valence-electron chi connectivity index (χ0n) is 7.32. The Kier molecular flexibility index (Phi) is 3.88. The molecule has 1 aliphatic heterocycles. The second-order valence-electron chi connectivity index (χ2n) is 2.95. The summed E-state index contributed by atoms with van der Waals surface area (Å²) in [7, 11) is 0. The van der Waals surface area contributed by atoms with E-state index in [1.807, 2.05) is 16.7 Å². The summed E-state index contributed by atoms with van der Waals surface area (Å²) in [6.07, 6.45) is 0.715. The molecule has 0 aromatic heterocycles. The molecular weight excluding hydrogens is 174 g/mol. The first-order valence-corrected chi connectivity index (χ1v) is 5.37. The van der Waals surface area contributed by atoms with Gasteiger partial charge in [-0.2, -0.15) is 11.8 Å². The van der Waals surface area contributed by atoms with Crippen molar-refractivity contribution >= 4 is 17.7 Å². The molecule has 1 aliphatic rings. The molecule has 70 valence electrons. The first-order chi connectivity index (χ1) is 5.75. The predicted octanol–water partition coefficient (Wildman–Crippen LogP) is 0.333. The summed E-state index contributed by atoms with van der Waals surface area (Å²) in [5.74, 6) is 2.13. The number of aliphatic hydroxyl groups is 1. The highest BCUT2D eigenvalue weighted by atomic mass is 32.2. The van der Waals surface area contributed by atoms with Crippen LogP contribution in [0.25, 0.3) is 0 Å². The number of hydrogen-bond acceptors (Lipinski definition) is 3. The van der Waals surface area contributed by atoms with Crippen LogP contribution in [0, 0.1) is 0 Å². The molecule has 12 heavy (non-hydrogen) atoms. The molecule has 4 heteroatoms. The summed E-state index contributed by atoms with van der Waals surface area (Å²) in [4.78, 5) is 13.0. The van der Waals surface area contributed by atoms with Gasteiger partial charge < -0.3 is 10.0 Å². The van der Waals surface area contributed by atoms with Gasteiger partial charge in [-0.1, -0.05) is 0 Å². The number of aliphatic hydroxyl groups excluding tert-OH is 1. The summed E-state index contributed by atoms with van der Waals surface area (Å²) >= 11 is 1.86. The van der Waals surface area contributed by atoms with Crippen LogP contribution in [0.2, 0.25) is 0 Å². The Balaban J connectivity index is 2.48. The van der Waals surface area contributed by atoms with Crippen molar-refractivity contribution in [3.05, 3.63) is 0 Å². The third-order valence-electron chi connectivity index (χ3n) is 2.09. The van der Waals surface area contributed by atoms with Crippen LogP contribution in [0.5, 0.6) is 0 Å². The molecule has 0 radical (unpaired) electrons. The second kappa shape index (κ2) is 4.72. The van der Waals surface area contributed by atoms with Crippen molar-refractivity contribution in [2.45, 2.75) is 19.4 Å². The van der Waals surface area contributed by atoms with Crippen molar-refractivity contribution in [2.75, 3.05) is 24.7 Å². The third kappa shape index (κ3) is 2.38. The Morgan fingerprint density at radius 2 is 2.50 bits per heavy atom. The Bertz CT molecular complexity index is 161. The van der Waals surface area contributed by atoms with Crippen molar-refractivity contribution in [2.24, 2.45) is 0 Å². The number of amides is 1. The van der Waals surface area contributed by atoms with E-state index in [0.29, 0.717) is 6.42 Å². The molecule has 0 aliphatic carbocycles. The normalized spacial score (nSPS) is 24.2. The zero-order chi connectivity index (χ0) is 8.97. The molecule has 0 saturated carbocycles. The van der Waals surface area contributed by atoms with Crippen molar-refractivity contribution in [1.82, 2.24) is 4.90 Å². The summed E-state index contributed by atoms with van der Waals surface area (Å²) in [5.41, 5.74) is 0. The number of carbonyl (C=O) groups excluding carboxylic acids is 1. The summed E-state index contributed by atoms with van der Waals surface area (Å²) in [5, 5.41) is 8.77. The highest BCUT2D eigenvalue weighted by molar-refractivity contribution is 7.99. The fourth-order valence-corrected chi connectivity index (χ4v) is 2.57. The minimum Gasteiger partial charge on any atom is -0.396 e. The standard InChI is InChI=1S/C8H15NO2S/c1-7(11)9-3-5-12-6-8(9)2-4-10/h8,10H,2-6H2,1H3. The molecule has 1 saturated heterocycles. The Labute approximate surface area is 77.1 Å². The highest BCUT2D eigenvalue weighted by Crippen LogP contribution is 2.18. The van der Waals surface area contributed by atoms with Gasteiger partial charge in [-0.25, -0.2) is 0 Å². The topological polar surface area (TPSA) is 40.5 Å². The largest absolute Gasteiger partial charge is 0.396 e. The second-order valence-corrected chi connectivity index (χ2v) is 4.10. The van der Waals surface area contributed by atoms with Crippen molar-refractivity contribution < 1.29 is 9.90 Å². The minimum atomic E-state index is 0.133. The van der Waals surface area contributed by atoms with Crippen LogP contribution in [0.1, 0.15) is 13.3 Å². The summed E-state index contributed by atoms with van der Waals surface area (Å²) in [6.45, 7) is 2.61. The fourth-order valence-electron chi connectivity index (χ4n) is 1.46. The predicted molar refractivity (Wildman–Crippen MR) is 50.2 cm³/mol. The van der Waals surface area contributed by atoms with Crippen molar-refractivity contribution in [3.8, 4) is 0 Å². The lowest BCUT2D eigenvalue weighted by molar-refractivity contribution is -0.130. The SMILES string of the molecule is CC(=O)N1CCSCC1CCO. The molecule has 1 amide bonds. The van der Waals surface area contributed by atoms with Gasteiger partial charge in [0.2, 0.25) is 5.91 Å². The number of hydrogen-bond donors (Lipinski definition) is 1. The van der Waals surface area contributed by atoms with Gasteiger partial charge in [0.25, 0.3) is 0 Å². The minimum absolute atomic E-state index is 0.133. The van der Waals surface area contributed by atoms with E-state index in [-0.39, 0.29) is 18.6 Å². The van der Waals surface area contributed by atoms with Crippen molar-refractivity contribution in [3.63, 3.8) is 0 Å². The Morgan fingerprint density at radius 3 is 3.08 bits per heavy atom. The van der Waals surface area contributed by atoms with E-state index in [0.717, 1.165) is 18.1 Å². The maximum atomic E-state index is 11.1. The lowest BCUT2D eigenvalue weighted by Crippen LogP contribution is -2.45. The van der Waals surface area contributed by atoms with Gasteiger partial charge in [0, 0.05) is 37.6 Å². The molecule has 0 aromatic rings. The maximum absolute atomic E-state index is 11.1. The monoisotopic (exact) mass is 189 g/mol. The quantitative estimate of drug-likeness (QED) is 0.680. The van der Waals surface area contributed by atoms with E-state index in [1.165, 1.54) is 0 Å². The smallest absolute Gasteiger partial charge is 0.219 e. The van der Waals surface area contributed by atoms with Crippen LogP contribution < -0.4 is 0 Å². The van der Waals surface area contributed by atoms with Gasteiger partial charge in [-0.05, 0) is 6.42 Å². The first kappa shape index (κ1) is 9.86. The van der Waals surface area contributed by atoms with E-state index in [9.17, 15) is 4.79 Å². The van der Waals surface area contributed by atoms with Crippen LogP contribution in [-0.4, -0.2) is 46.6 Å². The van der Waals surface area contributed by atoms with E-state index < -0.39 is 0 Å². The molecule has 1 rings (SSSR count). The first-order valence-electron chi connectivity index (χ1n) is 4.21. The molecule has 1 atom stereocenters. The number of rotatable bonds is 2. The summed E-state index contributed by atoms with van der Waals surface area (Å²) in [6, 6.07) is 0.256. The average Bonchev–Trinajstić information content (AvgIpc) is 2.05. The third-order valence-corrected chi connectivity index (χ3v) is 3.19. The van der Waals surface area contributed by atoms with Crippen LogP contribution in [0.3, 0.4) is 0 Å². The molecule has 0 spiro atoms. The van der Waals surface area contributed by atoms with Crippen LogP contribution in [-0.2, 0) is 4.79 Å². The molecular formula is C8H15NO2S. The number of carbonyl (C=O) groups is 1. The average molecular weight is 189 g/mol.